The molecule has 0 saturated carbocycles. The Hall–Kier alpha value is -2.44. The second-order valence-electron chi connectivity index (χ2n) is 9.52. The SMILES string of the molecule is CN(c1nc2ccccc2n1Cc1c(Cl)cccc1Cl)C1CCCN(C(=O)OC(C)(C)C)C1. The van der Waals surface area contributed by atoms with E-state index in [-0.39, 0.29) is 12.1 Å². The summed E-state index contributed by atoms with van der Waals surface area (Å²) >= 11 is 13.0. The molecule has 3 aromatic rings. The fourth-order valence-electron chi connectivity index (χ4n) is 4.26. The second-order valence-corrected chi connectivity index (χ2v) is 10.3. The van der Waals surface area contributed by atoms with Gasteiger partial charge in [-0.1, -0.05) is 41.4 Å². The van der Waals surface area contributed by atoms with E-state index in [0.717, 1.165) is 35.4 Å². The molecule has 1 aromatic heterocycles. The van der Waals surface area contributed by atoms with Gasteiger partial charge in [-0.2, -0.15) is 0 Å². The Morgan fingerprint density at radius 1 is 1.15 bits per heavy atom. The summed E-state index contributed by atoms with van der Waals surface area (Å²) in [7, 11) is 2.04. The number of nitrogens with zero attached hydrogens (tertiary/aromatic N) is 4. The predicted octanol–water partition coefficient (Wildman–Crippen LogP) is 6.23. The van der Waals surface area contributed by atoms with Crippen LogP contribution in [0.15, 0.2) is 42.5 Å². The number of imidazole rings is 1. The quantitative estimate of drug-likeness (QED) is 0.436. The molecule has 1 aliphatic rings. The molecular weight excluding hydrogens is 459 g/mol. The Kier molecular flexibility index (Phi) is 6.78. The van der Waals surface area contributed by atoms with E-state index in [0.29, 0.717) is 29.7 Å². The largest absolute Gasteiger partial charge is 0.444 e. The van der Waals surface area contributed by atoms with Gasteiger partial charge in [0, 0.05) is 41.8 Å². The molecule has 4 rings (SSSR count). The van der Waals surface area contributed by atoms with E-state index in [4.69, 9.17) is 32.9 Å². The van der Waals surface area contributed by atoms with Gasteiger partial charge in [0.15, 0.2) is 0 Å². The first-order chi connectivity index (χ1) is 15.6. The van der Waals surface area contributed by atoms with Crippen LogP contribution in [0.1, 0.15) is 39.2 Å². The van der Waals surface area contributed by atoms with Crippen molar-refractivity contribution in [2.75, 3.05) is 25.0 Å². The van der Waals surface area contributed by atoms with Gasteiger partial charge in [-0.15, -0.1) is 0 Å². The van der Waals surface area contributed by atoms with E-state index in [1.807, 2.05) is 64.2 Å². The van der Waals surface area contributed by atoms with E-state index in [9.17, 15) is 4.79 Å². The van der Waals surface area contributed by atoms with E-state index < -0.39 is 5.60 Å². The van der Waals surface area contributed by atoms with Crippen LogP contribution < -0.4 is 4.90 Å². The highest BCUT2D eigenvalue weighted by molar-refractivity contribution is 6.36. The van der Waals surface area contributed by atoms with Crippen molar-refractivity contribution in [3.8, 4) is 0 Å². The Balaban J connectivity index is 1.65. The second kappa shape index (κ2) is 9.43. The van der Waals surface area contributed by atoms with E-state index in [1.165, 1.54) is 0 Å². The number of hydrogen-bond donors (Lipinski definition) is 0. The van der Waals surface area contributed by atoms with Gasteiger partial charge in [-0.3, -0.25) is 0 Å². The highest BCUT2D eigenvalue weighted by atomic mass is 35.5. The molecule has 1 atom stereocenters. The molecule has 0 aliphatic carbocycles. The molecule has 2 heterocycles. The number of hydrogen-bond acceptors (Lipinski definition) is 4. The molecule has 6 nitrogen and oxygen atoms in total. The highest BCUT2D eigenvalue weighted by Crippen LogP contribution is 2.31. The van der Waals surface area contributed by atoms with Crippen molar-refractivity contribution < 1.29 is 9.53 Å². The minimum atomic E-state index is -0.516. The van der Waals surface area contributed by atoms with E-state index in [2.05, 4.69) is 15.5 Å². The highest BCUT2D eigenvalue weighted by Gasteiger charge is 2.31. The van der Waals surface area contributed by atoms with Crippen molar-refractivity contribution in [2.45, 2.75) is 51.8 Å². The molecule has 2 aromatic carbocycles. The van der Waals surface area contributed by atoms with Crippen molar-refractivity contribution in [3.63, 3.8) is 0 Å². The van der Waals surface area contributed by atoms with Gasteiger partial charge in [0.2, 0.25) is 5.95 Å². The third-order valence-electron chi connectivity index (χ3n) is 5.92. The molecule has 0 radical (unpaired) electrons. The summed E-state index contributed by atoms with van der Waals surface area (Å²) in [5.74, 6) is 0.822. The zero-order valence-electron chi connectivity index (χ0n) is 19.5. The van der Waals surface area contributed by atoms with Crippen LogP contribution >= 0.6 is 23.2 Å². The van der Waals surface area contributed by atoms with Crippen LogP contribution in [-0.2, 0) is 11.3 Å². The van der Waals surface area contributed by atoms with Gasteiger partial charge in [0.25, 0.3) is 0 Å². The summed E-state index contributed by atoms with van der Waals surface area (Å²) < 4.78 is 7.75. The summed E-state index contributed by atoms with van der Waals surface area (Å²) in [5, 5.41) is 1.25. The molecule has 0 bridgehead atoms. The number of para-hydroxylation sites is 2. The topological polar surface area (TPSA) is 50.6 Å². The standard InChI is InChI=1S/C25H30Cl2N4O2/c1-25(2,3)33-24(32)30-14-8-9-17(15-30)29(4)23-28-21-12-5-6-13-22(21)31(23)16-18-19(26)10-7-11-20(18)27/h5-7,10-13,17H,8-9,14-16H2,1-4H3. The molecule has 8 heteroatoms. The number of anilines is 1. The summed E-state index contributed by atoms with van der Waals surface area (Å²) in [6.45, 7) is 7.45. The first-order valence-electron chi connectivity index (χ1n) is 11.2. The third-order valence-corrected chi connectivity index (χ3v) is 6.63. The van der Waals surface area contributed by atoms with Crippen LogP contribution in [0.5, 0.6) is 0 Å². The van der Waals surface area contributed by atoms with Crippen molar-refractivity contribution >= 4 is 46.3 Å². The summed E-state index contributed by atoms with van der Waals surface area (Å²) in [6.07, 6.45) is 1.60. The minimum Gasteiger partial charge on any atom is -0.444 e. The molecule has 1 fully saturated rings. The number of benzene rings is 2. The van der Waals surface area contributed by atoms with Gasteiger partial charge < -0.3 is 19.1 Å². The van der Waals surface area contributed by atoms with Gasteiger partial charge in [0.1, 0.15) is 5.60 Å². The van der Waals surface area contributed by atoms with Crippen molar-refractivity contribution in [3.05, 3.63) is 58.1 Å². The van der Waals surface area contributed by atoms with E-state index >= 15 is 0 Å². The lowest BCUT2D eigenvalue weighted by Crippen LogP contribution is -2.50. The van der Waals surface area contributed by atoms with Crippen molar-refractivity contribution in [2.24, 2.45) is 0 Å². The number of amides is 1. The van der Waals surface area contributed by atoms with Gasteiger partial charge in [-0.25, -0.2) is 9.78 Å². The Labute approximate surface area is 205 Å². The van der Waals surface area contributed by atoms with Gasteiger partial charge in [0.05, 0.1) is 17.6 Å². The lowest BCUT2D eigenvalue weighted by molar-refractivity contribution is 0.0199. The van der Waals surface area contributed by atoms with Crippen molar-refractivity contribution in [1.82, 2.24) is 14.5 Å². The monoisotopic (exact) mass is 488 g/mol. The fraction of sp³-hybridized carbons (Fsp3) is 0.440. The Morgan fingerprint density at radius 2 is 1.85 bits per heavy atom. The van der Waals surface area contributed by atoms with Gasteiger partial charge in [-0.05, 0) is 57.9 Å². The predicted molar refractivity (Wildman–Crippen MR) is 135 cm³/mol. The number of rotatable bonds is 4. The summed E-state index contributed by atoms with van der Waals surface area (Å²) in [6, 6.07) is 13.7. The summed E-state index contributed by atoms with van der Waals surface area (Å²) in [4.78, 5) is 21.6. The zero-order valence-corrected chi connectivity index (χ0v) is 21.0. The lowest BCUT2D eigenvalue weighted by Gasteiger charge is -2.38. The molecule has 1 unspecified atom stereocenters. The molecule has 33 heavy (non-hydrogen) atoms. The Bertz CT molecular complexity index is 1130. The molecular formula is C25H30Cl2N4O2. The van der Waals surface area contributed by atoms with Crippen LogP contribution in [0.3, 0.4) is 0 Å². The number of aromatic nitrogens is 2. The van der Waals surface area contributed by atoms with Gasteiger partial charge >= 0.3 is 6.09 Å². The molecule has 0 spiro atoms. The van der Waals surface area contributed by atoms with E-state index in [1.54, 1.807) is 4.90 Å². The Morgan fingerprint density at radius 3 is 2.55 bits per heavy atom. The maximum Gasteiger partial charge on any atom is 0.410 e. The number of halogens is 2. The maximum absolute atomic E-state index is 12.7. The first kappa shape index (κ1) is 23.7. The average Bonchev–Trinajstić information content (AvgIpc) is 3.13. The third kappa shape index (κ3) is 5.22. The number of likely N-dealkylation sites (tertiary alicyclic amines) is 1. The number of fused-ring (bicyclic) bond motifs is 1. The number of likely N-dealkylation sites (N-methyl/N-ethyl adjacent to an activating group) is 1. The fourth-order valence-corrected chi connectivity index (χ4v) is 4.77. The number of carbonyl (C=O) groups excluding carboxylic acids is 1. The number of ether oxygens (including phenoxy) is 1. The van der Waals surface area contributed by atoms with Crippen LogP contribution in [0.4, 0.5) is 10.7 Å². The lowest BCUT2D eigenvalue weighted by atomic mass is 10.1. The molecule has 1 saturated heterocycles. The zero-order chi connectivity index (χ0) is 23.8. The molecule has 1 aliphatic heterocycles. The van der Waals surface area contributed by atoms with Crippen LogP contribution in [-0.4, -0.2) is 52.3 Å². The van der Waals surface area contributed by atoms with Crippen LogP contribution in [0.2, 0.25) is 10.0 Å². The summed E-state index contributed by atoms with van der Waals surface area (Å²) in [5.41, 5.74) is 2.26. The molecule has 1 amide bonds. The number of piperidine rings is 1. The average molecular weight is 489 g/mol. The smallest absolute Gasteiger partial charge is 0.410 e. The van der Waals surface area contributed by atoms with Crippen molar-refractivity contribution in [1.29, 1.82) is 0 Å². The maximum atomic E-state index is 12.7. The minimum absolute atomic E-state index is 0.114. The van der Waals surface area contributed by atoms with Crippen LogP contribution in [0, 0.1) is 0 Å². The molecule has 176 valence electrons. The first-order valence-corrected chi connectivity index (χ1v) is 12.0. The van der Waals surface area contributed by atoms with Crippen LogP contribution in [0.25, 0.3) is 11.0 Å². The number of carbonyl (C=O) groups is 1. The molecule has 0 N–H and O–H groups in total. The normalized spacial score (nSPS) is 16.8.